The molecule has 0 bridgehead atoms. The van der Waals surface area contributed by atoms with Crippen LogP contribution in [0.4, 0.5) is 45.5 Å². The predicted molar refractivity (Wildman–Crippen MR) is 210 cm³/mol. The molecule has 310 valence electrons. The number of hydrogen-bond acceptors (Lipinski definition) is 22. The van der Waals surface area contributed by atoms with Gasteiger partial charge in [0.2, 0.25) is 5.78 Å². The van der Waals surface area contributed by atoms with Crippen molar-refractivity contribution in [2.75, 3.05) is 22.6 Å². The van der Waals surface area contributed by atoms with Crippen molar-refractivity contribution in [1.29, 1.82) is 0 Å². The van der Waals surface area contributed by atoms with Crippen LogP contribution in [0.1, 0.15) is 15.9 Å². The topological polar surface area (TPSA) is 398 Å². The molecule has 22 nitrogen and oxygen atoms in total. The van der Waals surface area contributed by atoms with Crippen LogP contribution >= 0.6 is 0 Å². The Morgan fingerprint density at radius 3 is 1.55 bits per heavy atom. The summed E-state index contributed by atoms with van der Waals surface area (Å²) in [5.41, 5.74) is 14.8. The molecular formula is C34H23N9Na4O13S4. The zero-order chi connectivity index (χ0) is 43.9. The van der Waals surface area contributed by atoms with Gasteiger partial charge in [0.05, 0.1) is 53.6 Å². The largest absolute Gasteiger partial charge is 1.00 e. The molecule has 0 atom stereocenters. The summed E-state index contributed by atoms with van der Waals surface area (Å²) in [5, 5.41) is 18.9. The zero-order valence-corrected chi connectivity index (χ0v) is 44.9. The monoisotopic (exact) mass is 985 g/mol. The minimum absolute atomic E-state index is 0. The van der Waals surface area contributed by atoms with Gasteiger partial charge in [-0.25, -0.2) is 33.7 Å². The molecule has 0 saturated heterocycles. The van der Waals surface area contributed by atoms with E-state index in [0.717, 1.165) is 30.3 Å². The van der Waals surface area contributed by atoms with E-state index in [1.54, 1.807) is 18.2 Å². The fraction of sp³-hybridized carbons (Fsp3) is 0. The van der Waals surface area contributed by atoms with Crippen LogP contribution in [-0.4, -0.2) is 63.4 Å². The minimum atomic E-state index is -5.60. The van der Waals surface area contributed by atoms with Crippen molar-refractivity contribution >= 4 is 104 Å². The number of azo groups is 2. The van der Waals surface area contributed by atoms with E-state index in [1.807, 2.05) is 0 Å². The first-order valence-electron chi connectivity index (χ1n) is 16.2. The number of nitrogens with one attached hydrogen (secondary N) is 1. The van der Waals surface area contributed by atoms with E-state index < -0.39 is 111 Å². The number of Topliss-reactive ketones (excluding diaryl/α,β-unsaturated/α-hetero) is 1. The summed E-state index contributed by atoms with van der Waals surface area (Å²) in [4.78, 5) is 9.05. The summed E-state index contributed by atoms with van der Waals surface area (Å²) in [6.07, 6.45) is 0.572. The molecule has 0 aliphatic heterocycles. The van der Waals surface area contributed by atoms with Crippen molar-refractivity contribution in [2.24, 2.45) is 25.6 Å². The Morgan fingerprint density at radius 2 is 1.06 bits per heavy atom. The van der Waals surface area contributed by atoms with Gasteiger partial charge < -0.3 is 35.4 Å². The quantitative estimate of drug-likeness (QED) is 0.0314. The molecular weight excluding hydrogens is 963 g/mol. The number of benzene rings is 5. The number of anilines is 4. The molecule has 5 aromatic rings. The molecule has 64 heavy (non-hydrogen) atoms. The predicted octanol–water partition coefficient (Wildman–Crippen LogP) is -7.79. The number of hydrogen-bond donors (Lipinski definition) is 4. The van der Waals surface area contributed by atoms with Gasteiger partial charge in [0.1, 0.15) is 57.6 Å². The third-order valence-corrected chi connectivity index (χ3v) is 11.7. The first-order chi connectivity index (χ1) is 27.9. The van der Waals surface area contributed by atoms with E-state index in [9.17, 15) is 56.7 Å². The van der Waals surface area contributed by atoms with Crippen LogP contribution in [0.2, 0.25) is 0 Å². The van der Waals surface area contributed by atoms with Crippen molar-refractivity contribution in [1.82, 2.24) is 0 Å². The number of nitrogens with zero attached hydrogens (tertiary/aromatic N) is 5. The minimum Gasteiger partial charge on any atom is -0.744 e. The maximum Gasteiger partial charge on any atom is 1.00 e. The standard InChI is InChI=1S/C34H27N9O13S4.4Na/c35-18-6-11-25(24(36)14-18)41-39-20-7-9-22(26(15-20)57(45,46)47)23-10-8-21(16-27(23)58(48,49)50)40-42-32-28(59(51,52)53)12-17-13-29(60(54,55)56)33(34(44)30(17)31(32)37)43-38-19-4-2-1-3-5-19;;;;/h1-16,38H,35-37H2,(H,45,46,47)(H,48,49,50)(H,51,52,53)(H,54,55,56);;;;/q;4*+1/p-4/b41-39?,42-40?,43-33+;;;;. The van der Waals surface area contributed by atoms with E-state index in [0.29, 0.717) is 23.9 Å². The molecule has 0 aromatic heterocycles. The number of para-hydroxylation sites is 1. The van der Waals surface area contributed by atoms with Gasteiger partial charge in [0.25, 0.3) is 0 Å². The normalized spacial score (nSPS) is 13.5. The van der Waals surface area contributed by atoms with Crippen molar-refractivity contribution < 1.29 is 175 Å². The number of ketones is 1. The Morgan fingerprint density at radius 1 is 0.547 bits per heavy atom. The molecule has 7 N–H and O–H groups in total. The third-order valence-electron chi connectivity index (χ3n) is 8.25. The molecule has 0 fully saturated rings. The molecule has 1 aliphatic carbocycles. The van der Waals surface area contributed by atoms with Crippen molar-refractivity contribution in [3.8, 4) is 11.1 Å². The van der Waals surface area contributed by atoms with Crippen LogP contribution < -0.4 is 141 Å². The van der Waals surface area contributed by atoms with Crippen LogP contribution in [0.15, 0.2) is 136 Å². The molecule has 0 saturated carbocycles. The second-order valence-electron chi connectivity index (χ2n) is 12.3. The van der Waals surface area contributed by atoms with Gasteiger partial charge in [0, 0.05) is 16.8 Å². The van der Waals surface area contributed by atoms with Gasteiger partial charge in [0.15, 0.2) is 0 Å². The SMILES string of the molecule is Nc1ccc(N=Nc2ccc(-c3ccc(N=Nc4c(S(=O)(=O)[O-])cc5c(c4N)C(=O)/C(=N/Nc4ccccc4)C(S(=O)(=O)[O-])=C5)cc3S(=O)(=O)[O-])c(S(=O)(=O)[O-])c2)c(N)c1.[Na+].[Na+].[Na+].[Na+]. The van der Waals surface area contributed by atoms with Crippen LogP contribution in [0.25, 0.3) is 17.2 Å². The molecule has 0 amide bonds. The summed E-state index contributed by atoms with van der Waals surface area (Å²) in [5.74, 6) is -1.33. The number of nitrogens with two attached hydrogens (primary N) is 3. The Hall–Kier alpha value is -2.78. The fourth-order valence-electron chi connectivity index (χ4n) is 5.61. The second-order valence-corrected chi connectivity index (χ2v) is 17.7. The molecule has 0 heterocycles. The second kappa shape index (κ2) is 22.3. The van der Waals surface area contributed by atoms with Gasteiger partial charge in [-0.05, 0) is 72.3 Å². The molecule has 6 rings (SSSR count). The van der Waals surface area contributed by atoms with E-state index in [2.05, 4.69) is 31.0 Å². The van der Waals surface area contributed by atoms with Gasteiger partial charge in [-0.2, -0.15) is 15.3 Å². The maximum absolute atomic E-state index is 13.7. The first-order valence-corrected chi connectivity index (χ1v) is 21.8. The Bertz CT molecular complexity index is 3250. The van der Waals surface area contributed by atoms with E-state index in [-0.39, 0.29) is 141 Å². The summed E-state index contributed by atoms with van der Waals surface area (Å²) in [7, 11) is -22.0. The van der Waals surface area contributed by atoms with Crippen molar-refractivity contribution in [3.63, 3.8) is 0 Å². The number of carbonyl (C=O) groups excluding carboxylic acids is 1. The fourth-order valence-corrected chi connectivity index (χ4v) is 8.34. The van der Waals surface area contributed by atoms with Gasteiger partial charge in [-0.3, -0.25) is 10.2 Å². The zero-order valence-electron chi connectivity index (χ0n) is 33.6. The van der Waals surface area contributed by atoms with Crippen LogP contribution in [-0.2, 0) is 40.5 Å². The molecule has 0 unspecified atom stereocenters. The molecule has 0 spiro atoms. The first kappa shape index (κ1) is 57.3. The number of hydrazone groups is 1. The Kier molecular flexibility index (Phi) is 20.0. The number of rotatable bonds is 11. The molecule has 5 aromatic carbocycles. The third kappa shape index (κ3) is 13.2. The summed E-state index contributed by atoms with van der Waals surface area (Å²) in [6.45, 7) is 0. The average Bonchev–Trinajstić information content (AvgIpc) is 3.15. The van der Waals surface area contributed by atoms with Gasteiger partial charge in [-0.1, -0.05) is 30.3 Å². The summed E-state index contributed by atoms with van der Waals surface area (Å²) >= 11 is 0. The molecule has 0 radical (unpaired) electrons. The van der Waals surface area contributed by atoms with Gasteiger partial charge >= 0.3 is 118 Å². The Balaban J connectivity index is 0.00000352. The number of carbonyl (C=O) groups is 1. The number of nitrogen functional groups attached to an aromatic ring is 3. The van der Waals surface area contributed by atoms with Crippen molar-refractivity contribution in [2.45, 2.75) is 14.7 Å². The van der Waals surface area contributed by atoms with E-state index >= 15 is 0 Å². The van der Waals surface area contributed by atoms with E-state index in [1.165, 1.54) is 30.3 Å². The van der Waals surface area contributed by atoms with Gasteiger partial charge in [-0.15, -0.1) is 10.2 Å². The molecule has 30 heteroatoms. The van der Waals surface area contributed by atoms with E-state index in [4.69, 9.17) is 17.2 Å². The van der Waals surface area contributed by atoms with Crippen LogP contribution in [0.3, 0.4) is 0 Å². The number of allylic oxidation sites excluding steroid dienone is 1. The molecule has 1 aliphatic rings. The smallest absolute Gasteiger partial charge is 0.744 e. The summed E-state index contributed by atoms with van der Waals surface area (Å²) < 4.78 is 149. The Labute approximate surface area is 453 Å². The van der Waals surface area contributed by atoms with Crippen LogP contribution in [0, 0.1) is 0 Å². The van der Waals surface area contributed by atoms with Crippen molar-refractivity contribution in [3.05, 3.63) is 107 Å². The van der Waals surface area contributed by atoms with Crippen LogP contribution in [0.5, 0.6) is 0 Å². The average molecular weight is 986 g/mol. The summed E-state index contributed by atoms with van der Waals surface area (Å²) in [6, 6.07) is 17.7. The maximum atomic E-state index is 13.7. The number of fused-ring (bicyclic) bond motifs is 1.